The molecule has 0 aromatic carbocycles. The third-order valence-corrected chi connectivity index (χ3v) is 4.94. The third kappa shape index (κ3) is 2.42. The maximum absolute atomic E-state index is 12.4. The van der Waals surface area contributed by atoms with E-state index < -0.39 is 0 Å². The first-order chi connectivity index (χ1) is 9.70. The number of carbonyl (C=O) groups is 1. The van der Waals surface area contributed by atoms with E-state index in [4.69, 9.17) is 0 Å². The van der Waals surface area contributed by atoms with Crippen LogP contribution in [0.5, 0.6) is 0 Å². The number of thiazole rings is 1. The van der Waals surface area contributed by atoms with Gasteiger partial charge in [0.25, 0.3) is 5.91 Å². The molecule has 0 saturated heterocycles. The summed E-state index contributed by atoms with van der Waals surface area (Å²) in [6.45, 7) is 0. The van der Waals surface area contributed by atoms with Gasteiger partial charge in [-0.1, -0.05) is 0 Å². The predicted octanol–water partition coefficient (Wildman–Crippen LogP) is 4.17. The van der Waals surface area contributed by atoms with Crippen LogP contribution in [0.15, 0.2) is 22.1 Å². The van der Waals surface area contributed by atoms with Crippen molar-refractivity contribution >= 4 is 38.3 Å². The molecule has 0 aliphatic heterocycles. The molecule has 6 heteroatoms. The molecule has 0 radical (unpaired) electrons. The number of rotatable bonds is 4. The molecule has 2 fully saturated rings. The summed E-state index contributed by atoms with van der Waals surface area (Å²) in [5, 5.41) is 5.69. The Bertz CT molecular complexity index is 670. The van der Waals surface area contributed by atoms with Gasteiger partial charge in [-0.25, -0.2) is 4.98 Å². The van der Waals surface area contributed by atoms with Crippen molar-refractivity contribution in [1.82, 2.24) is 9.55 Å². The second kappa shape index (κ2) is 4.70. The van der Waals surface area contributed by atoms with Crippen molar-refractivity contribution in [2.24, 2.45) is 0 Å². The van der Waals surface area contributed by atoms with Gasteiger partial charge in [-0.05, 0) is 47.7 Å². The van der Waals surface area contributed by atoms with E-state index in [9.17, 15) is 4.79 Å². The van der Waals surface area contributed by atoms with Crippen molar-refractivity contribution in [2.75, 3.05) is 5.32 Å². The van der Waals surface area contributed by atoms with Crippen LogP contribution in [0, 0.1) is 0 Å². The summed E-state index contributed by atoms with van der Waals surface area (Å²) in [7, 11) is 0. The Balaban J connectivity index is 1.54. The van der Waals surface area contributed by atoms with E-state index in [-0.39, 0.29) is 5.91 Å². The van der Waals surface area contributed by atoms with Gasteiger partial charge in [-0.15, -0.1) is 11.3 Å². The molecule has 2 aliphatic rings. The minimum atomic E-state index is -0.0701. The van der Waals surface area contributed by atoms with Crippen molar-refractivity contribution in [3.63, 3.8) is 0 Å². The molecule has 2 aromatic heterocycles. The van der Waals surface area contributed by atoms with E-state index in [1.807, 2.05) is 12.3 Å². The first-order valence-corrected chi connectivity index (χ1v) is 8.52. The fourth-order valence-corrected chi connectivity index (χ4v) is 3.58. The monoisotopic (exact) mass is 351 g/mol. The van der Waals surface area contributed by atoms with Crippen LogP contribution in [-0.4, -0.2) is 15.5 Å². The number of hydrogen-bond acceptors (Lipinski definition) is 3. The predicted molar refractivity (Wildman–Crippen MR) is 82.4 cm³/mol. The molecule has 4 rings (SSSR count). The largest absolute Gasteiger partial charge is 0.339 e. The maximum atomic E-state index is 12.4. The molecule has 20 heavy (non-hydrogen) atoms. The summed E-state index contributed by atoms with van der Waals surface area (Å²) < 4.78 is 3.02. The van der Waals surface area contributed by atoms with E-state index in [0.717, 1.165) is 23.0 Å². The van der Waals surface area contributed by atoms with Crippen LogP contribution in [0.25, 0.3) is 0 Å². The fraction of sp³-hybridized carbons (Fsp3) is 0.429. The molecule has 2 heterocycles. The van der Waals surface area contributed by atoms with Gasteiger partial charge in [0.2, 0.25) is 0 Å². The first-order valence-electron chi connectivity index (χ1n) is 6.85. The van der Waals surface area contributed by atoms with Gasteiger partial charge in [0.05, 0.1) is 5.69 Å². The number of nitrogens with one attached hydrogen (secondary N) is 1. The zero-order chi connectivity index (χ0) is 13.7. The highest BCUT2D eigenvalue weighted by molar-refractivity contribution is 9.10. The van der Waals surface area contributed by atoms with Gasteiger partial charge < -0.3 is 4.57 Å². The summed E-state index contributed by atoms with van der Waals surface area (Å²) in [5.41, 5.74) is 1.84. The summed E-state index contributed by atoms with van der Waals surface area (Å²) in [6, 6.07) is 2.36. The molecule has 0 unspecified atom stereocenters. The number of nitrogens with zero attached hydrogens (tertiary/aromatic N) is 2. The van der Waals surface area contributed by atoms with Gasteiger partial charge in [-0.2, -0.15) is 0 Å². The second-order valence-corrected chi connectivity index (χ2v) is 7.26. The Kier molecular flexibility index (Phi) is 2.96. The highest BCUT2D eigenvalue weighted by atomic mass is 79.9. The summed E-state index contributed by atoms with van der Waals surface area (Å²) in [5.74, 6) is 0.556. The number of carbonyl (C=O) groups excluding carboxylic acids is 1. The number of aromatic nitrogens is 2. The van der Waals surface area contributed by atoms with Crippen molar-refractivity contribution in [3.8, 4) is 0 Å². The molecule has 2 saturated carbocycles. The molecule has 1 N–H and O–H groups in total. The van der Waals surface area contributed by atoms with Crippen molar-refractivity contribution in [3.05, 3.63) is 33.5 Å². The molecule has 4 nitrogen and oxygen atoms in total. The maximum Gasteiger partial charge on any atom is 0.274 e. The molecule has 104 valence electrons. The highest BCUT2D eigenvalue weighted by Gasteiger charge is 2.29. The fourth-order valence-electron chi connectivity index (χ4n) is 2.35. The quantitative estimate of drug-likeness (QED) is 0.898. The van der Waals surface area contributed by atoms with E-state index in [0.29, 0.717) is 22.8 Å². The molecule has 1 amide bonds. The van der Waals surface area contributed by atoms with Crippen molar-refractivity contribution in [1.29, 1.82) is 0 Å². The molecule has 0 atom stereocenters. The standard InChI is InChI=1S/C14H14BrN3OS/c15-9-5-12(18(6-9)10-3-4-10)13(19)17-14-16-11(7-20-14)8-1-2-8/h5-8,10H,1-4H2,(H,16,17,19). The lowest BCUT2D eigenvalue weighted by Crippen LogP contribution is -2.16. The Morgan fingerprint density at radius 2 is 2.20 bits per heavy atom. The Morgan fingerprint density at radius 3 is 2.90 bits per heavy atom. The van der Waals surface area contributed by atoms with E-state index in [2.05, 4.69) is 36.2 Å². The Morgan fingerprint density at radius 1 is 1.40 bits per heavy atom. The highest BCUT2D eigenvalue weighted by Crippen LogP contribution is 2.41. The lowest BCUT2D eigenvalue weighted by molar-refractivity contribution is 0.101. The van der Waals surface area contributed by atoms with Gasteiger partial charge in [0.15, 0.2) is 5.13 Å². The molecule has 2 aliphatic carbocycles. The first kappa shape index (κ1) is 12.6. The van der Waals surface area contributed by atoms with Crippen LogP contribution in [0.1, 0.15) is 53.8 Å². The number of halogens is 1. The normalized spacial score (nSPS) is 18.2. The van der Waals surface area contributed by atoms with Crippen LogP contribution < -0.4 is 5.32 Å². The van der Waals surface area contributed by atoms with Crippen LogP contribution in [0.4, 0.5) is 5.13 Å². The molecule has 0 bridgehead atoms. The summed E-state index contributed by atoms with van der Waals surface area (Å²) in [6.07, 6.45) is 6.77. The molecule has 2 aromatic rings. The van der Waals surface area contributed by atoms with E-state index in [1.165, 1.54) is 24.2 Å². The SMILES string of the molecule is O=C(Nc1nc(C2CC2)cs1)c1cc(Br)cn1C1CC1. The number of amides is 1. The zero-order valence-electron chi connectivity index (χ0n) is 10.8. The van der Waals surface area contributed by atoms with Crippen LogP contribution >= 0.6 is 27.3 Å². The van der Waals surface area contributed by atoms with Crippen molar-refractivity contribution in [2.45, 2.75) is 37.6 Å². The minimum absolute atomic E-state index is 0.0701. The lowest BCUT2D eigenvalue weighted by atomic mass is 10.3. The van der Waals surface area contributed by atoms with E-state index in [1.54, 1.807) is 0 Å². The third-order valence-electron chi connectivity index (χ3n) is 3.73. The zero-order valence-corrected chi connectivity index (χ0v) is 13.2. The topological polar surface area (TPSA) is 46.9 Å². The number of anilines is 1. The van der Waals surface area contributed by atoms with Crippen LogP contribution in [-0.2, 0) is 0 Å². The van der Waals surface area contributed by atoms with Gasteiger partial charge in [0, 0.05) is 28.0 Å². The van der Waals surface area contributed by atoms with E-state index >= 15 is 0 Å². The molecule has 0 spiro atoms. The van der Waals surface area contributed by atoms with Crippen LogP contribution in [0.2, 0.25) is 0 Å². The average Bonchev–Trinajstić information content (AvgIpc) is 3.35. The van der Waals surface area contributed by atoms with Gasteiger partial charge in [-0.3, -0.25) is 10.1 Å². The smallest absolute Gasteiger partial charge is 0.274 e. The average molecular weight is 352 g/mol. The van der Waals surface area contributed by atoms with Gasteiger partial charge >= 0.3 is 0 Å². The van der Waals surface area contributed by atoms with Crippen molar-refractivity contribution < 1.29 is 4.79 Å². The lowest BCUT2D eigenvalue weighted by Gasteiger charge is -2.06. The molecular weight excluding hydrogens is 338 g/mol. The number of hydrogen-bond donors (Lipinski definition) is 1. The Hall–Kier alpha value is -1.14. The second-order valence-electron chi connectivity index (χ2n) is 5.49. The minimum Gasteiger partial charge on any atom is -0.339 e. The summed E-state index contributed by atoms with van der Waals surface area (Å²) >= 11 is 4.96. The summed E-state index contributed by atoms with van der Waals surface area (Å²) in [4.78, 5) is 16.9. The van der Waals surface area contributed by atoms with Gasteiger partial charge in [0.1, 0.15) is 5.69 Å². The Labute approximate surface area is 129 Å². The molecular formula is C14H14BrN3OS. The van der Waals surface area contributed by atoms with Crippen LogP contribution in [0.3, 0.4) is 0 Å².